The first-order valence-corrected chi connectivity index (χ1v) is 7.06. The highest BCUT2D eigenvalue weighted by molar-refractivity contribution is 5.90. The summed E-state index contributed by atoms with van der Waals surface area (Å²) in [6.45, 7) is 2.83. The van der Waals surface area contributed by atoms with Crippen LogP contribution in [0.1, 0.15) is 13.3 Å². The number of nitrogens with zero attached hydrogens (tertiary/aromatic N) is 2. The normalized spacial score (nSPS) is 10.5. The van der Waals surface area contributed by atoms with Gasteiger partial charge in [0.25, 0.3) is 0 Å². The Morgan fingerprint density at radius 2 is 1.81 bits per heavy atom. The lowest BCUT2D eigenvalue weighted by molar-refractivity contribution is 0.317. The van der Waals surface area contributed by atoms with Crippen LogP contribution in [0.4, 0.5) is 11.5 Å². The van der Waals surface area contributed by atoms with E-state index in [-0.39, 0.29) is 0 Å². The third kappa shape index (κ3) is 3.11. The summed E-state index contributed by atoms with van der Waals surface area (Å²) in [5.41, 5.74) is 1.90. The lowest BCUT2D eigenvalue weighted by Crippen LogP contribution is -1.97. The van der Waals surface area contributed by atoms with Gasteiger partial charge in [-0.2, -0.15) is 0 Å². The summed E-state index contributed by atoms with van der Waals surface area (Å²) in [5, 5.41) is 4.33. The van der Waals surface area contributed by atoms with Gasteiger partial charge in [0.1, 0.15) is 17.9 Å². The topological polar surface area (TPSA) is 47.0 Å². The zero-order valence-electron chi connectivity index (χ0n) is 11.9. The molecule has 4 heteroatoms. The van der Waals surface area contributed by atoms with Crippen molar-refractivity contribution in [3.8, 4) is 5.75 Å². The van der Waals surface area contributed by atoms with Gasteiger partial charge in [0.15, 0.2) is 0 Å². The van der Waals surface area contributed by atoms with E-state index in [0.29, 0.717) is 0 Å². The number of anilines is 2. The molecule has 0 spiro atoms. The Hall–Kier alpha value is -2.62. The maximum absolute atomic E-state index is 5.58. The highest BCUT2D eigenvalue weighted by Gasteiger charge is 2.03. The van der Waals surface area contributed by atoms with E-state index in [0.717, 1.165) is 41.2 Å². The number of nitrogens with one attached hydrogen (secondary N) is 1. The second-order valence-electron chi connectivity index (χ2n) is 4.74. The molecular formula is C17H17N3O. The van der Waals surface area contributed by atoms with Gasteiger partial charge in [0, 0.05) is 11.1 Å². The summed E-state index contributed by atoms with van der Waals surface area (Å²) in [5.74, 6) is 1.69. The Bertz CT molecular complexity index is 720. The zero-order valence-corrected chi connectivity index (χ0v) is 11.9. The van der Waals surface area contributed by atoms with Crippen molar-refractivity contribution in [1.29, 1.82) is 0 Å². The summed E-state index contributed by atoms with van der Waals surface area (Å²) in [6, 6.07) is 15.8. The molecule has 0 aliphatic heterocycles. The first-order chi connectivity index (χ1) is 10.4. The number of aromatic nitrogens is 2. The average Bonchev–Trinajstić information content (AvgIpc) is 2.55. The predicted molar refractivity (Wildman–Crippen MR) is 85.0 cm³/mol. The van der Waals surface area contributed by atoms with Crippen LogP contribution >= 0.6 is 0 Å². The maximum Gasteiger partial charge on any atom is 0.141 e. The van der Waals surface area contributed by atoms with Crippen molar-refractivity contribution >= 4 is 22.4 Å². The molecular weight excluding hydrogens is 262 g/mol. The van der Waals surface area contributed by atoms with Crippen molar-refractivity contribution in [2.75, 3.05) is 11.9 Å². The summed E-state index contributed by atoms with van der Waals surface area (Å²) in [4.78, 5) is 8.58. The Balaban J connectivity index is 1.82. The van der Waals surface area contributed by atoms with Gasteiger partial charge in [-0.3, -0.25) is 0 Å². The highest BCUT2D eigenvalue weighted by atomic mass is 16.5. The monoisotopic (exact) mass is 279 g/mol. The van der Waals surface area contributed by atoms with Gasteiger partial charge < -0.3 is 10.1 Å². The lowest BCUT2D eigenvalue weighted by Gasteiger charge is -2.09. The van der Waals surface area contributed by atoms with Crippen LogP contribution in [0.5, 0.6) is 5.75 Å². The van der Waals surface area contributed by atoms with Gasteiger partial charge in [-0.25, -0.2) is 9.97 Å². The Morgan fingerprint density at radius 1 is 1.00 bits per heavy atom. The number of hydrogen-bond acceptors (Lipinski definition) is 4. The number of ether oxygens (including phenoxy) is 1. The predicted octanol–water partition coefficient (Wildman–Crippen LogP) is 4.16. The van der Waals surface area contributed by atoms with Gasteiger partial charge in [-0.1, -0.05) is 19.1 Å². The molecule has 0 fully saturated rings. The summed E-state index contributed by atoms with van der Waals surface area (Å²) in [6.07, 6.45) is 2.58. The standard InChI is InChI=1S/C17H17N3O/c1-2-11-21-14-9-7-13(8-10-14)20-17-15-5-3-4-6-16(15)18-12-19-17/h3-10,12H,2,11H2,1H3,(H,18,19,20). The molecule has 0 bridgehead atoms. The SMILES string of the molecule is CCCOc1ccc(Nc2ncnc3ccccc23)cc1. The smallest absolute Gasteiger partial charge is 0.141 e. The molecule has 0 aliphatic carbocycles. The van der Waals surface area contributed by atoms with E-state index in [1.54, 1.807) is 6.33 Å². The molecule has 0 unspecified atom stereocenters. The third-order valence-electron chi connectivity index (χ3n) is 3.13. The molecule has 0 saturated heterocycles. The number of hydrogen-bond donors (Lipinski definition) is 1. The molecule has 0 saturated carbocycles. The fraction of sp³-hybridized carbons (Fsp3) is 0.176. The number of benzene rings is 2. The van der Waals surface area contributed by atoms with Crippen molar-refractivity contribution in [1.82, 2.24) is 9.97 Å². The van der Waals surface area contributed by atoms with Crippen LogP contribution in [0.15, 0.2) is 54.9 Å². The van der Waals surface area contributed by atoms with E-state index in [9.17, 15) is 0 Å². The molecule has 0 atom stereocenters. The quantitative estimate of drug-likeness (QED) is 0.761. The molecule has 106 valence electrons. The van der Waals surface area contributed by atoms with Crippen LogP contribution in [0.3, 0.4) is 0 Å². The van der Waals surface area contributed by atoms with Gasteiger partial charge in [-0.15, -0.1) is 0 Å². The molecule has 21 heavy (non-hydrogen) atoms. The van der Waals surface area contributed by atoms with E-state index in [1.807, 2.05) is 48.5 Å². The van der Waals surface area contributed by atoms with E-state index in [1.165, 1.54) is 0 Å². The third-order valence-corrected chi connectivity index (χ3v) is 3.13. The first kappa shape index (κ1) is 13.4. The first-order valence-electron chi connectivity index (χ1n) is 7.06. The van der Waals surface area contributed by atoms with E-state index < -0.39 is 0 Å². The molecule has 3 aromatic rings. The minimum absolute atomic E-state index is 0.739. The van der Waals surface area contributed by atoms with Crippen molar-refractivity contribution in [2.24, 2.45) is 0 Å². The van der Waals surface area contributed by atoms with Crippen LogP contribution in [0, 0.1) is 0 Å². The average molecular weight is 279 g/mol. The summed E-state index contributed by atoms with van der Waals surface area (Å²) >= 11 is 0. The van der Waals surface area contributed by atoms with E-state index >= 15 is 0 Å². The van der Waals surface area contributed by atoms with Gasteiger partial charge in [0.2, 0.25) is 0 Å². The number of para-hydroxylation sites is 1. The van der Waals surface area contributed by atoms with Crippen molar-refractivity contribution < 1.29 is 4.74 Å². The lowest BCUT2D eigenvalue weighted by atomic mass is 10.2. The molecule has 1 aromatic heterocycles. The molecule has 0 radical (unpaired) electrons. The van der Waals surface area contributed by atoms with Crippen LogP contribution in [-0.2, 0) is 0 Å². The minimum atomic E-state index is 0.739. The minimum Gasteiger partial charge on any atom is -0.494 e. The fourth-order valence-corrected chi connectivity index (χ4v) is 2.10. The van der Waals surface area contributed by atoms with Crippen LogP contribution in [0.2, 0.25) is 0 Å². The van der Waals surface area contributed by atoms with Crippen molar-refractivity contribution in [3.05, 3.63) is 54.9 Å². The molecule has 3 rings (SSSR count). The Kier molecular flexibility index (Phi) is 3.96. The van der Waals surface area contributed by atoms with Gasteiger partial charge in [0.05, 0.1) is 12.1 Å². The van der Waals surface area contributed by atoms with Crippen LogP contribution in [0.25, 0.3) is 10.9 Å². The highest BCUT2D eigenvalue weighted by Crippen LogP contribution is 2.24. The second-order valence-corrected chi connectivity index (χ2v) is 4.74. The zero-order chi connectivity index (χ0) is 14.5. The molecule has 1 heterocycles. The number of fused-ring (bicyclic) bond motifs is 1. The van der Waals surface area contributed by atoms with Gasteiger partial charge >= 0.3 is 0 Å². The summed E-state index contributed by atoms with van der Waals surface area (Å²) in [7, 11) is 0. The van der Waals surface area contributed by atoms with E-state index in [4.69, 9.17) is 4.74 Å². The van der Waals surface area contributed by atoms with Crippen LogP contribution in [-0.4, -0.2) is 16.6 Å². The molecule has 0 aliphatic rings. The van der Waals surface area contributed by atoms with E-state index in [2.05, 4.69) is 22.2 Å². The summed E-state index contributed by atoms with van der Waals surface area (Å²) < 4.78 is 5.58. The number of rotatable bonds is 5. The van der Waals surface area contributed by atoms with Gasteiger partial charge in [-0.05, 0) is 42.8 Å². The van der Waals surface area contributed by atoms with Crippen molar-refractivity contribution in [2.45, 2.75) is 13.3 Å². The second kappa shape index (κ2) is 6.22. The fourth-order valence-electron chi connectivity index (χ4n) is 2.10. The Morgan fingerprint density at radius 3 is 2.62 bits per heavy atom. The Labute approximate surface area is 123 Å². The maximum atomic E-state index is 5.58. The molecule has 2 aromatic carbocycles. The molecule has 1 N–H and O–H groups in total. The van der Waals surface area contributed by atoms with Crippen LogP contribution < -0.4 is 10.1 Å². The molecule has 0 amide bonds. The van der Waals surface area contributed by atoms with Crippen molar-refractivity contribution in [3.63, 3.8) is 0 Å². The molecule has 4 nitrogen and oxygen atoms in total. The largest absolute Gasteiger partial charge is 0.494 e.